The van der Waals surface area contributed by atoms with Gasteiger partial charge in [0.25, 0.3) is 6.01 Å². The number of hydrogen-bond acceptors (Lipinski definition) is 6. The van der Waals surface area contributed by atoms with E-state index in [-0.39, 0.29) is 11.6 Å². The number of anilines is 1. The summed E-state index contributed by atoms with van der Waals surface area (Å²) in [7, 11) is 0. The number of ether oxygens (including phenoxy) is 1. The fourth-order valence-electron chi connectivity index (χ4n) is 2.50. The molecule has 2 N–H and O–H groups in total. The second-order valence-corrected chi connectivity index (χ2v) is 5.20. The monoisotopic (exact) mass is 296 g/mol. The van der Waals surface area contributed by atoms with Crippen molar-refractivity contribution in [3.8, 4) is 0 Å². The SMILES string of the molecule is CCOC(=O)c1coc(NCC2CCC(C(=O)O)CC2)n1. The molecule has 0 aliphatic heterocycles. The van der Waals surface area contributed by atoms with Crippen molar-refractivity contribution < 1.29 is 23.8 Å². The Hall–Kier alpha value is -2.05. The highest BCUT2D eigenvalue weighted by atomic mass is 16.5. The molecule has 1 saturated carbocycles. The Morgan fingerprint density at radius 1 is 1.43 bits per heavy atom. The van der Waals surface area contributed by atoms with Gasteiger partial charge in [0.05, 0.1) is 12.5 Å². The molecule has 116 valence electrons. The van der Waals surface area contributed by atoms with Crippen LogP contribution in [0.5, 0.6) is 0 Å². The van der Waals surface area contributed by atoms with Gasteiger partial charge in [0.2, 0.25) is 0 Å². The van der Waals surface area contributed by atoms with Crippen molar-refractivity contribution >= 4 is 18.0 Å². The standard InChI is InChI=1S/C14H20N2O5/c1-2-20-13(19)11-8-21-14(16-11)15-7-9-3-5-10(6-4-9)12(17)18/h8-10H,2-7H2,1H3,(H,15,16)(H,17,18). The van der Waals surface area contributed by atoms with Crippen LogP contribution >= 0.6 is 0 Å². The maximum Gasteiger partial charge on any atom is 0.360 e. The smallest absolute Gasteiger partial charge is 0.360 e. The number of carboxylic acid groups (broad SMARTS) is 1. The number of oxazole rings is 1. The van der Waals surface area contributed by atoms with Crippen molar-refractivity contribution in [2.75, 3.05) is 18.5 Å². The van der Waals surface area contributed by atoms with E-state index < -0.39 is 11.9 Å². The highest BCUT2D eigenvalue weighted by Gasteiger charge is 2.26. The number of hydrogen-bond donors (Lipinski definition) is 2. The Morgan fingerprint density at radius 2 is 2.14 bits per heavy atom. The first-order valence-corrected chi connectivity index (χ1v) is 7.19. The highest BCUT2D eigenvalue weighted by molar-refractivity contribution is 5.87. The summed E-state index contributed by atoms with van der Waals surface area (Å²) >= 11 is 0. The van der Waals surface area contributed by atoms with E-state index in [1.165, 1.54) is 6.26 Å². The summed E-state index contributed by atoms with van der Waals surface area (Å²) in [6.07, 6.45) is 4.43. The Bertz CT molecular complexity index is 491. The van der Waals surface area contributed by atoms with Gasteiger partial charge in [-0.15, -0.1) is 0 Å². The van der Waals surface area contributed by atoms with Crippen molar-refractivity contribution in [2.45, 2.75) is 32.6 Å². The van der Waals surface area contributed by atoms with E-state index in [2.05, 4.69) is 10.3 Å². The summed E-state index contributed by atoms with van der Waals surface area (Å²) < 4.78 is 9.99. The van der Waals surface area contributed by atoms with E-state index in [1.54, 1.807) is 6.92 Å². The number of carbonyl (C=O) groups excluding carboxylic acids is 1. The van der Waals surface area contributed by atoms with E-state index in [9.17, 15) is 9.59 Å². The molecule has 2 rings (SSSR count). The number of aliphatic carboxylic acids is 1. The lowest BCUT2D eigenvalue weighted by Crippen LogP contribution is -2.25. The van der Waals surface area contributed by atoms with E-state index >= 15 is 0 Å². The van der Waals surface area contributed by atoms with Crippen LogP contribution in [0.25, 0.3) is 0 Å². The minimum atomic E-state index is -0.701. The zero-order chi connectivity index (χ0) is 15.2. The molecule has 1 heterocycles. The van der Waals surface area contributed by atoms with Crippen LogP contribution in [-0.2, 0) is 9.53 Å². The summed E-state index contributed by atoms with van der Waals surface area (Å²) in [5.41, 5.74) is 0.147. The molecule has 0 radical (unpaired) electrons. The first-order valence-electron chi connectivity index (χ1n) is 7.19. The first-order chi connectivity index (χ1) is 10.1. The number of carbonyl (C=O) groups is 2. The van der Waals surface area contributed by atoms with Gasteiger partial charge in [0.15, 0.2) is 5.69 Å². The third-order valence-corrected chi connectivity index (χ3v) is 3.73. The molecule has 0 aromatic carbocycles. The molecular weight excluding hydrogens is 276 g/mol. The highest BCUT2D eigenvalue weighted by Crippen LogP contribution is 2.29. The third-order valence-electron chi connectivity index (χ3n) is 3.73. The van der Waals surface area contributed by atoms with Gasteiger partial charge < -0.3 is 19.6 Å². The summed E-state index contributed by atoms with van der Waals surface area (Å²) in [6, 6.07) is 0.290. The van der Waals surface area contributed by atoms with E-state index in [0.29, 0.717) is 37.9 Å². The molecule has 0 spiro atoms. The molecular formula is C14H20N2O5. The summed E-state index contributed by atoms with van der Waals surface area (Å²) in [4.78, 5) is 26.3. The van der Waals surface area contributed by atoms with Gasteiger partial charge in [-0.3, -0.25) is 4.79 Å². The van der Waals surface area contributed by atoms with Crippen molar-refractivity contribution in [1.82, 2.24) is 4.98 Å². The molecule has 0 bridgehead atoms. The molecule has 1 aromatic heterocycles. The van der Waals surface area contributed by atoms with Crippen molar-refractivity contribution in [3.05, 3.63) is 12.0 Å². The second-order valence-electron chi connectivity index (χ2n) is 5.20. The fourth-order valence-corrected chi connectivity index (χ4v) is 2.50. The van der Waals surface area contributed by atoms with Crippen molar-refractivity contribution in [2.24, 2.45) is 11.8 Å². The van der Waals surface area contributed by atoms with Crippen LogP contribution in [-0.4, -0.2) is 35.2 Å². The molecule has 0 amide bonds. The summed E-state index contributed by atoms with van der Waals surface area (Å²) in [5, 5.41) is 12.0. The van der Waals surface area contributed by atoms with Crippen molar-refractivity contribution in [1.29, 1.82) is 0 Å². The van der Waals surface area contributed by atoms with Crippen LogP contribution in [0.2, 0.25) is 0 Å². The number of nitrogens with zero attached hydrogens (tertiary/aromatic N) is 1. The quantitative estimate of drug-likeness (QED) is 0.775. The fraction of sp³-hybridized carbons (Fsp3) is 0.643. The Kier molecular flexibility index (Phi) is 5.19. The number of nitrogens with one attached hydrogen (secondary N) is 1. The topological polar surface area (TPSA) is 102 Å². The second kappa shape index (κ2) is 7.10. The lowest BCUT2D eigenvalue weighted by atomic mass is 9.82. The molecule has 0 atom stereocenters. The Labute approximate surface area is 122 Å². The Balaban J connectivity index is 1.76. The predicted octanol–water partition coefficient (Wildman–Crippen LogP) is 2.15. The molecule has 0 unspecified atom stereocenters. The van der Waals surface area contributed by atoms with Gasteiger partial charge in [-0.1, -0.05) is 0 Å². The van der Waals surface area contributed by atoms with E-state index in [4.69, 9.17) is 14.3 Å². The average Bonchev–Trinajstić information content (AvgIpc) is 2.95. The molecule has 7 heteroatoms. The number of aromatic nitrogens is 1. The number of rotatable bonds is 6. The van der Waals surface area contributed by atoms with Gasteiger partial charge in [0.1, 0.15) is 6.26 Å². The average molecular weight is 296 g/mol. The molecule has 1 aliphatic rings. The van der Waals surface area contributed by atoms with Gasteiger partial charge in [-0.2, -0.15) is 4.98 Å². The minimum Gasteiger partial charge on any atom is -0.481 e. The zero-order valence-electron chi connectivity index (χ0n) is 12.0. The van der Waals surface area contributed by atoms with Crippen LogP contribution in [0.15, 0.2) is 10.7 Å². The molecule has 21 heavy (non-hydrogen) atoms. The van der Waals surface area contributed by atoms with E-state index in [0.717, 1.165) is 12.8 Å². The van der Waals surface area contributed by atoms with Crippen LogP contribution in [0.1, 0.15) is 43.1 Å². The van der Waals surface area contributed by atoms with Gasteiger partial charge >= 0.3 is 11.9 Å². The van der Waals surface area contributed by atoms with Crippen LogP contribution in [0, 0.1) is 11.8 Å². The summed E-state index contributed by atoms with van der Waals surface area (Å²) in [6.45, 7) is 2.68. The van der Waals surface area contributed by atoms with Gasteiger partial charge in [0, 0.05) is 6.54 Å². The van der Waals surface area contributed by atoms with E-state index in [1.807, 2.05) is 0 Å². The maximum absolute atomic E-state index is 11.4. The Morgan fingerprint density at radius 3 is 2.76 bits per heavy atom. The maximum atomic E-state index is 11.4. The van der Waals surface area contributed by atoms with Crippen molar-refractivity contribution in [3.63, 3.8) is 0 Å². The lowest BCUT2D eigenvalue weighted by Gasteiger charge is -2.25. The predicted molar refractivity (Wildman–Crippen MR) is 74.0 cm³/mol. The van der Waals surface area contributed by atoms with Crippen LogP contribution in [0.3, 0.4) is 0 Å². The zero-order valence-corrected chi connectivity index (χ0v) is 12.0. The molecule has 1 aliphatic carbocycles. The number of carboxylic acids is 1. The number of esters is 1. The normalized spacial score (nSPS) is 21.8. The van der Waals surface area contributed by atoms with Crippen LogP contribution < -0.4 is 5.32 Å². The third kappa shape index (κ3) is 4.21. The summed E-state index contributed by atoms with van der Waals surface area (Å²) in [5.74, 6) is -1.01. The molecule has 0 saturated heterocycles. The van der Waals surface area contributed by atoms with Gasteiger partial charge in [-0.05, 0) is 38.5 Å². The minimum absolute atomic E-state index is 0.147. The lowest BCUT2D eigenvalue weighted by molar-refractivity contribution is -0.143. The largest absolute Gasteiger partial charge is 0.481 e. The molecule has 7 nitrogen and oxygen atoms in total. The first kappa shape index (κ1) is 15.3. The molecule has 1 aromatic rings. The molecule has 1 fully saturated rings. The van der Waals surface area contributed by atoms with Gasteiger partial charge in [-0.25, -0.2) is 4.79 Å². The van der Waals surface area contributed by atoms with Crippen LogP contribution in [0.4, 0.5) is 6.01 Å².